The van der Waals surface area contributed by atoms with Crippen LogP contribution >= 0.6 is 0 Å². The van der Waals surface area contributed by atoms with Crippen LogP contribution in [0.2, 0.25) is 0 Å². The van der Waals surface area contributed by atoms with Crippen molar-refractivity contribution in [1.82, 2.24) is 5.32 Å². The first-order valence-electron chi connectivity index (χ1n) is 8.28. The van der Waals surface area contributed by atoms with Gasteiger partial charge in [0.25, 0.3) is 0 Å². The number of hydrogen-bond acceptors (Lipinski definition) is 2. The summed E-state index contributed by atoms with van der Waals surface area (Å²) in [5.74, 6) is 4.10. The van der Waals surface area contributed by atoms with Crippen LogP contribution in [0.3, 0.4) is 0 Å². The maximum atomic E-state index is 5.58. The Morgan fingerprint density at radius 1 is 1.05 bits per heavy atom. The van der Waals surface area contributed by atoms with Gasteiger partial charge < -0.3 is 10.1 Å². The highest BCUT2D eigenvalue weighted by molar-refractivity contribution is 5.02. The number of rotatable bonds is 5. The Balaban J connectivity index is 1.58. The molecule has 0 saturated heterocycles. The molecule has 1 unspecified atom stereocenters. The van der Waals surface area contributed by atoms with Crippen molar-refractivity contribution in [2.24, 2.45) is 23.7 Å². The van der Waals surface area contributed by atoms with E-state index in [0.717, 1.165) is 36.1 Å². The van der Waals surface area contributed by atoms with E-state index < -0.39 is 0 Å². The van der Waals surface area contributed by atoms with Crippen molar-refractivity contribution in [3.63, 3.8) is 0 Å². The molecule has 0 aromatic heterocycles. The van der Waals surface area contributed by atoms with E-state index in [1.807, 2.05) is 7.11 Å². The Labute approximate surface area is 118 Å². The van der Waals surface area contributed by atoms with Gasteiger partial charge in [0.1, 0.15) is 0 Å². The molecule has 4 aliphatic carbocycles. The molecule has 0 heterocycles. The Hall–Kier alpha value is -0.0800. The summed E-state index contributed by atoms with van der Waals surface area (Å²) in [6, 6.07) is 1.37. The van der Waals surface area contributed by atoms with Gasteiger partial charge in [-0.2, -0.15) is 0 Å². The summed E-state index contributed by atoms with van der Waals surface area (Å²) in [7, 11) is 1.83. The highest BCUT2D eigenvalue weighted by atomic mass is 16.5. The van der Waals surface area contributed by atoms with E-state index in [-0.39, 0.29) is 5.60 Å². The second kappa shape index (κ2) is 5.04. The average Bonchev–Trinajstić information content (AvgIpc) is 2.32. The molecule has 4 aliphatic rings. The number of hydrogen-bond donors (Lipinski definition) is 1. The highest BCUT2D eigenvalue weighted by Gasteiger charge is 2.48. The molecule has 2 heteroatoms. The summed E-state index contributed by atoms with van der Waals surface area (Å²) in [5.41, 5.74) is -0.00165. The van der Waals surface area contributed by atoms with Crippen molar-refractivity contribution in [2.75, 3.05) is 7.11 Å². The first-order chi connectivity index (χ1) is 8.97. The SMILES string of the molecule is COC(C)(C)CC(C)NC1C2CC3CC(C2)CC1C3. The van der Waals surface area contributed by atoms with Crippen LogP contribution in [0.25, 0.3) is 0 Å². The van der Waals surface area contributed by atoms with Gasteiger partial charge in [0, 0.05) is 19.2 Å². The van der Waals surface area contributed by atoms with Gasteiger partial charge in [-0.15, -0.1) is 0 Å². The van der Waals surface area contributed by atoms with Crippen molar-refractivity contribution >= 4 is 0 Å². The van der Waals surface area contributed by atoms with Gasteiger partial charge in [0.15, 0.2) is 0 Å². The van der Waals surface area contributed by atoms with Gasteiger partial charge >= 0.3 is 0 Å². The Kier molecular flexibility index (Phi) is 3.68. The zero-order valence-electron chi connectivity index (χ0n) is 13.1. The molecule has 0 aromatic rings. The first-order valence-corrected chi connectivity index (χ1v) is 8.28. The zero-order chi connectivity index (χ0) is 13.6. The molecular weight excluding hydrogens is 234 g/mol. The normalized spacial score (nSPS) is 42.6. The van der Waals surface area contributed by atoms with Crippen molar-refractivity contribution in [1.29, 1.82) is 0 Å². The molecule has 0 aromatic carbocycles. The second-order valence-electron chi connectivity index (χ2n) is 8.19. The van der Waals surface area contributed by atoms with Gasteiger partial charge in [-0.1, -0.05) is 0 Å². The van der Waals surface area contributed by atoms with Crippen molar-refractivity contribution in [2.45, 2.75) is 77.0 Å². The van der Waals surface area contributed by atoms with Crippen LogP contribution in [-0.2, 0) is 4.74 Å². The molecule has 2 nitrogen and oxygen atoms in total. The average molecular weight is 265 g/mol. The molecule has 19 heavy (non-hydrogen) atoms. The molecule has 0 spiro atoms. The zero-order valence-corrected chi connectivity index (χ0v) is 13.1. The fourth-order valence-corrected chi connectivity index (χ4v) is 5.41. The Morgan fingerprint density at radius 2 is 1.58 bits per heavy atom. The van der Waals surface area contributed by atoms with E-state index in [2.05, 4.69) is 26.1 Å². The molecule has 4 saturated carbocycles. The summed E-state index contributed by atoms with van der Waals surface area (Å²) in [6.07, 6.45) is 8.67. The van der Waals surface area contributed by atoms with E-state index in [1.54, 1.807) is 6.42 Å². The third kappa shape index (κ3) is 2.85. The number of nitrogens with one attached hydrogen (secondary N) is 1. The van der Waals surface area contributed by atoms with E-state index >= 15 is 0 Å². The van der Waals surface area contributed by atoms with Gasteiger partial charge in [0.2, 0.25) is 0 Å². The summed E-state index contributed by atoms with van der Waals surface area (Å²) in [5, 5.41) is 3.97. The van der Waals surface area contributed by atoms with Gasteiger partial charge in [0.05, 0.1) is 5.60 Å². The van der Waals surface area contributed by atoms with E-state index in [4.69, 9.17) is 4.74 Å². The Bertz CT molecular complexity index is 297. The third-order valence-electron chi connectivity index (χ3n) is 6.05. The van der Waals surface area contributed by atoms with E-state index in [1.165, 1.54) is 25.7 Å². The van der Waals surface area contributed by atoms with Crippen molar-refractivity contribution < 1.29 is 4.74 Å². The maximum absolute atomic E-state index is 5.58. The third-order valence-corrected chi connectivity index (χ3v) is 6.05. The molecule has 4 fully saturated rings. The lowest BCUT2D eigenvalue weighted by Crippen LogP contribution is -2.57. The molecule has 1 atom stereocenters. The topological polar surface area (TPSA) is 21.3 Å². The van der Waals surface area contributed by atoms with Crippen LogP contribution in [0.4, 0.5) is 0 Å². The molecule has 1 N–H and O–H groups in total. The summed E-state index contributed by atoms with van der Waals surface area (Å²) < 4.78 is 5.58. The fraction of sp³-hybridized carbons (Fsp3) is 1.00. The minimum absolute atomic E-state index is 0.00165. The van der Waals surface area contributed by atoms with Crippen molar-refractivity contribution in [3.05, 3.63) is 0 Å². The smallest absolute Gasteiger partial charge is 0.0637 e. The summed E-state index contributed by atoms with van der Waals surface area (Å²) in [4.78, 5) is 0. The molecule has 4 bridgehead atoms. The quantitative estimate of drug-likeness (QED) is 0.820. The molecule has 0 aliphatic heterocycles. The summed E-state index contributed by atoms with van der Waals surface area (Å²) in [6.45, 7) is 6.73. The lowest BCUT2D eigenvalue weighted by molar-refractivity contribution is -0.0274. The predicted octanol–water partition coefficient (Wildman–Crippen LogP) is 3.60. The predicted molar refractivity (Wildman–Crippen MR) is 79.1 cm³/mol. The fourth-order valence-electron chi connectivity index (χ4n) is 5.41. The standard InChI is InChI=1S/C17H31NO/c1-11(10-17(2,3)19-4)18-16-14-6-12-5-13(8-14)9-15(16)7-12/h11-16,18H,5-10H2,1-4H3. The summed E-state index contributed by atoms with van der Waals surface area (Å²) >= 11 is 0. The second-order valence-corrected chi connectivity index (χ2v) is 8.19. The monoisotopic (exact) mass is 265 g/mol. The minimum atomic E-state index is -0.00165. The number of ether oxygens (including phenoxy) is 1. The molecule has 4 rings (SSSR count). The lowest BCUT2D eigenvalue weighted by Gasteiger charge is -2.55. The lowest BCUT2D eigenvalue weighted by atomic mass is 9.54. The first kappa shape index (κ1) is 13.9. The van der Waals surface area contributed by atoms with Crippen LogP contribution in [-0.4, -0.2) is 24.8 Å². The van der Waals surface area contributed by atoms with Crippen LogP contribution in [0, 0.1) is 23.7 Å². The van der Waals surface area contributed by atoms with Crippen LogP contribution < -0.4 is 5.32 Å². The van der Waals surface area contributed by atoms with Gasteiger partial charge in [-0.25, -0.2) is 0 Å². The van der Waals surface area contributed by atoms with Gasteiger partial charge in [-0.3, -0.25) is 0 Å². The van der Waals surface area contributed by atoms with Crippen LogP contribution in [0.1, 0.15) is 59.3 Å². The minimum Gasteiger partial charge on any atom is -0.379 e. The molecular formula is C17H31NO. The van der Waals surface area contributed by atoms with Crippen LogP contribution in [0.15, 0.2) is 0 Å². The molecule has 110 valence electrons. The largest absolute Gasteiger partial charge is 0.379 e. The maximum Gasteiger partial charge on any atom is 0.0637 e. The number of methoxy groups -OCH3 is 1. The highest BCUT2D eigenvalue weighted by Crippen LogP contribution is 2.53. The molecule has 0 radical (unpaired) electrons. The van der Waals surface area contributed by atoms with Crippen molar-refractivity contribution in [3.8, 4) is 0 Å². The van der Waals surface area contributed by atoms with E-state index in [9.17, 15) is 0 Å². The van der Waals surface area contributed by atoms with Gasteiger partial charge in [-0.05, 0) is 83.0 Å². The molecule has 0 amide bonds. The van der Waals surface area contributed by atoms with E-state index in [0.29, 0.717) is 6.04 Å². The Morgan fingerprint density at radius 3 is 2.05 bits per heavy atom. The van der Waals surface area contributed by atoms with Crippen LogP contribution in [0.5, 0.6) is 0 Å².